The van der Waals surface area contributed by atoms with E-state index >= 15 is 0 Å². The average Bonchev–Trinajstić information content (AvgIpc) is 2.20. The molecule has 0 radical (unpaired) electrons. The molecule has 1 nitrogen and oxygen atoms in total. The second-order valence-corrected chi connectivity index (χ2v) is 4.91. The van der Waals surface area contributed by atoms with Crippen LogP contribution in [0.5, 0.6) is 0 Å². The summed E-state index contributed by atoms with van der Waals surface area (Å²) in [6.45, 7) is 0. The molecule has 0 aliphatic carbocycles. The summed E-state index contributed by atoms with van der Waals surface area (Å²) in [6, 6.07) is 1.78. The predicted octanol–water partition coefficient (Wildman–Crippen LogP) is 2.01. The summed E-state index contributed by atoms with van der Waals surface area (Å²) < 4.78 is 0. The molecule has 0 spiro atoms. The molecule has 0 N–H and O–H groups in total. The standard InChI is InChI=1S/C8H14BrN/c1-10-7-2-3-8(10)5-6(9)4-7/h6-8H,2-5H2,1H3/t7-,8-/m1/s1. The van der Waals surface area contributed by atoms with Crippen LogP contribution < -0.4 is 0 Å². The molecule has 2 aliphatic rings. The van der Waals surface area contributed by atoms with Crippen molar-refractivity contribution in [1.29, 1.82) is 0 Å². The fraction of sp³-hybridized carbons (Fsp3) is 1.00. The van der Waals surface area contributed by atoms with Crippen LogP contribution in [0.15, 0.2) is 0 Å². The molecule has 2 atom stereocenters. The number of hydrogen-bond donors (Lipinski definition) is 0. The lowest BCUT2D eigenvalue weighted by atomic mass is 10.0. The van der Waals surface area contributed by atoms with Gasteiger partial charge in [0.1, 0.15) is 0 Å². The predicted molar refractivity (Wildman–Crippen MR) is 46.5 cm³/mol. The molecular weight excluding hydrogens is 190 g/mol. The molecule has 2 bridgehead atoms. The van der Waals surface area contributed by atoms with Crippen molar-refractivity contribution in [2.75, 3.05) is 7.05 Å². The highest BCUT2D eigenvalue weighted by molar-refractivity contribution is 9.09. The molecule has 2 heterocycles. The lowest BCUT2D eigenvalue weighted by molar-refractivity contribution is 0.184. The highest BCUT2D eigenvalue weighted by atomic mass is 79.9. The topological polar surface area (TPSA) is 3.24 Å². The number of rotatable bonds is 0. The Morgan fingerprint density at radius 3 is 2.20 bits per heavy atom. The summed E-state index contributed by atoms with van der Waals surface area (Å²) in [4.78, 5) is 3.37. The molecule has 0 amide bonds. The first-order valence-corrected chi connectivity index (χ1v) is 5.05. The van der Waals surface area contributed by atoms with Gasteiger partial charge in [0.15, 0.2) is 0 Å². The third kappa shape index (κ3) is 1.02. The van der Waals surface area contributed by atoms with Gasteiger partial charge in [-0.1, -0.05) is 15.9 Å². The largest absolute Gasteiger partial charge is 0.300 e. The van der Waals surface area contributed by atoms with Crippen LogP contribution in [-0.4, -0.2) is 28.9 Å². The van der Waals surface area contributed by atoms with Crippen molar-refractivity contribution >= 4 is 15.9 Å². The number of halogens is 1. The Balaban J connectivity index is 2.09. The van der Waals surface area contributed by atoms with E-state index < -0.39 is 0 Å². The molecule has 0 aromatic heterocycles. The first-order valence-electron chi connectivity index (χ1n) is 4.13. The van der Waals surface area contributed by atoms with E-state index in [2.05, 4.69) is 27.9 Å². The van der Waals surface area contributed by atoms with Crippen LogP contribution in [0.1, 0.15) is 25.7 Å². The van der Waals surface area contributed by atoms with Crippen molar-refractivity contribution in [2.24, 2.45) is 0 Å². The molecule has 58 valence electrons. The van der Waals surface area contributed by atoms with Crippen LogP contribution in [0.3, 0.4) is 0 Å². The third-order valence-electron chi connectivity index (χ3n) is 3.04. The molecule has 10 heavy (non-hydrogen) atoms. The highest BCUT2D eigenvalue weighted by Crippen LogP contribution is 2.36. The summed E-state index contributed by atoms with van der Waals surface area (Å²) in [5.74, 6) is 0. The minimum atomic E-state index is 0.807. The van der Waals surface area contributed by atoms with Gasteiger partial charge in [0.05, 0.1) is 0 Å². The summed E-state index contributed by atoms with van der Waals surface area (Å²) in [5, 5.41) is 0. The fourth-order valence-electron chi connectivity index (χ4n) is 2.35. The Kier molecular flexibility index (Phi) is 1.77. The number of alkyl halides is 1. The second-order valence-electron chi connectivity index (χ2n) is 3.62. The fourth-order valence-corrected chi connectivity index (χ4v) is 3.21. The van der Waals surface area contributed by atoms with Crippen molar-refractivity contribution in [3.8, 4) is 0 Å². The quantitative estimate of drug-likeness (QED) is 0.545. The van der Waals surface area contributed by atoms with E-state index in [4.69, 9.17) is 0 Å². The van der Waals surface area contributed by atoms with Gasteiger partial charge in [-0.25, -0.2) is 0 Å². The van der Waals surface area contributed by atoms with Gasteiger partial charge in [-0.15, -0.1) is 0 Å². The van der Waals surface area contributed by atoms with Crippen LogP contribution in [-0.2, 0) is 0 Å². The average molecular weight is 204 g/mol. The van der Waals surface area contributed by atoms with Crippen LogP contribution in [0.4, 0.5) is 0 Å². The maximum Gasteiger partial charge on any atom is 0.0175 e. The smallest absolute Gasteiger partial charge is 0.0175 e. The molecule has 2 saturated heterocycles. The zero-order valence-corrected chi connectivity index (χ0v) is 7.97. The minimum absolute atomic E-state index is 0.807. The van der Waals surface area contributed by atoms with E-state index in [1.165, 1.54) is 25.7 Å². The van der Waals surface area contributed by atoms with E-state index in [-0.39, 0.29) is 0 Å². The second kappa shape index (κ2) is 2.49. The van der Waals surface area contributed by atoms with Crippen LogP contribution in [0, 0.1) is 0 Å². The summed E-state index contributed by atoms with van der Waals surface area (Å²) in [6.07, 6.45) is 5.60. The number of nitrogens with zero attached hydrogens (tertiary/aromatic N) is 1. The molecule has 2 aliphatic heterocycles. The van der Waals surface area contributed by atoms with E-state index in [1.54, 1.807) is 0 Å². The minimum Gasteiger partial charge on any atom is -0.300 e. The van der Waals surface area contributed by atoms with Crippen LogP contribution in [0.25, 0.3) is 0 Å². The molecule has 0 unspecified atom stereocenters. The van der Waals surface area contributed by atoms with Gasteiger partial charge in [-0.3, -0.25) is 0 Å². The maximum absolute atomic E-state index is 3.71. The summed E-state index contributed by atoms with van der Waals surface area (Å²) in [5.41, 5.74) is 0. The molecular formula is C8H14BrN. The zero-order valence-electron chi connectivity index (χ0n) is 6.39. The summed E-state index contributed by atoms with van der Waals surface area (Å²) >= 11 is 3.71. The number of fused-ring (bicyclic) bond motifs is 2. The van der Waals surface area contributed by atoms with E-state index in [1.807, 2.05) is 0 Å². The van der Waals surface area contributed by atoms with Crippen LogP contribution in [0.2, 0.25) is 0 Å². The van der Waals surface area contributed by atoms with Crippen molar-refractivity contribution in [1.82, 2.24) is 4.90 Å². The molecule has 2 rings (SSSR count). The van der Waals surface area contributed by atoms with Crippen molar-refractivity contribution < 1.29 is 0 Å². The molecule has 2 heteroatoms. The zero-order chi connectivity index (χ0) is 7.14. The molecule has 0 aromatic carbocycles. The lowest BCUT2D eigenvalue weighted by Gasteiger charge is -2.33. The highest BCUT2D eigenvalue weighted by Gasteiger charge is 2.37. The summed E-state index contributed by atoms with van der Waals surface area (Å²) in [7, 11) is 2.28. The number of piperidine rings is 1. The Morgan fingerprint density at radius 1 is 1.20 bits per heavy atom. The monoisotopic (exact) mass is 203 g/mol. The van der Waals surface area contributed by atoms with Crippen molar-refractivity contribution in [3.63, 3.8) is 0 Å². The van der Waals surface area contributed by atoms with Gasteiger partial charge >= 0.3 is 0 Å². The molecule has 0 aromatic rings. The van der Waals surface area contributed by atoms with Gasteiger partial charge in [-0.05, 0) is 32.7 Å². The van der Waals surface area contributed by atoms with Gasteiger partial charge in [-0.2, -0.15) is 0 Å². The van der Waals surface area contributed by atoms with Gasteiger partial charge in [0, 0.05) is 16.9 Å². The van der Waals surface area contributed by atoms with Crippen LogP contribution >= 0.6 is 15.9 Å². The Labute approximate surface area is 70.9 Å². The maximum atomic E-state index is 3.71. The van der Waals surface area contributed by atoms with Crippen molar-refractivity contribution in [3.05, 3.63) is 0 Å². The Morgan fingerprint density at radius 2 is 1.70 bits per heavy atom. The van der Waals surface area contributed by atoms with Gasteiger partial charge < -0.3 is 4.90 Å². The van der Waals surface area contributed by atoms with E-state index in [0.717, 1.165) is 16.9 Å². The normalized spacial score (nSPS) is 48.0. The molecule has 0 saturated carbocycles. The van der Waals surface area contributed by atoms with E-state index in [0.29, 0.717) is 0 Å². The Hall–Kier alpha value is 0.440. The molecule has 2 fully saturated rings. The van der Waals surface area contributed by atoms with Crippen molar-refractivity contribution in [2.45, 2.75) is 42.6 Å². The third-order valence-corrected chi connectivity index (χ3v) is 3.79. The Bertz CT molecular complexity index is 123. The first-order chi connectivity index (χ1) is 4.77. The number of hydrogen-bond acceptors (Lipinski definition) is 1. The SMILES string of the molecule is CN1[C@@H]2CC[C@@H]1CC(Br)C2. The van der Waals surface area contributed by atoms with Gasteiger partial charge in [0.25, 0.3) is 0 Å². The first kappa shape index (κ1) is 7.11. The van der Waals surface area contributed by atoms with Gasteiger partial charge in [0.2, 0.25) is 0 Å². The van der Waals surface area contributed by atoms with E-state index in [9.17, 15) is 0 Å². The lowest BCUT2D eigenvalue weighted by Crippen LogP contribution is -2.40.